The summed E-state index contributed by atoms with van der Waals surface area (Å²) in [5.41, 5.74) is 1.96. The smallest absolute Gasteiger partial charge is 0.258 e. The third-order valence-electron chi connectivity index (χ3n) is 5.10. The number of nitrogens with zero attached hydrogens (tertiary/aromatic N) is 3. The SMILES string of the molecule is COc1cc(-c2nc(-c3cccc(C(=O)N4CCCC4)c3)no2)cc(OC)c1OC. The summed E-state index contributed by atoms with van der Waals surface area (Å²) in [6.07, 6.45) is 2.10. The van der Waals surface area contributed by atoms with Crippen LogP contribution < -0.4 is 14.2 Å². The zero-order valence-electron chi connectivity index (χ0n) is 17.2. The number of benzene rings is 2. The Kier molecular flexibility index (Phi) is 5.56. The molecule has 2 heterocycles. The number of methoxy groups -OCH3 is 3. The van der Waals surface area contributed by atoms with Crippen LogP contribution in [0, 0.1) is 0 Å². The van der Waals surface area contributed by atoms with Gasteiger partial charge in [-0.25, -0.2) is 0 Å². The van der Waals surface area contributed by atoms with Gasteiger partial charge in [0.2, 0.25) is 11.6 Å². The molecule has 3 aromatic rings. The molecule has 2 aromatic carbocycles. The highest BCUT2D eigenvalue weighted by Crippen LogP contribution is 2.41. The van der Waals surface area contributed by atoms with E-state index in [-0.39, 0.29) is 5.91 Å². The Morgan fingerprint density at radius 3 is 2.30 bits per heavy atom. The molecule has 1 fully saturated rings. The van der Waals surface area contributed by atoms with E-state index in [0.717, 1.165) is 25.9 Å². The predicted molar refractivity (Wildman–Crippen MR) is 110 cm³/mol. The fourth-order valence-corrected chi connectivity index (χ4v) is 3.56. The van der Waals surface area contributed by atoms with Crippen molar-refractivity contribution in [3.63, 3.8) is 0 Å². The molecule has 0 N–H and O–H groups in total. The number of carbonyl (C=O) groups is 1. The van der Waals surface area contributed by atoms with E-state index in [2.05, 4.69) is 10.1 Å². The first-order chi connectivity index (χ1) is 14.6. The lowest BCUT2D eigenvalue weighted by molar-refractivity contribution is 0.0793. The zero-order valence-corrected chi connectivity index (χ0v) is 17.2. The second-order valence-electron chi connectivity index (χ2n) is 6.92. The highest BCUT2D eigenvalue weighted by atomic mass is 16.5. The van der Waals surface area contributed by atoms with Crippen LogP contribution in [0.15, 0.2) is 40.9 Å². The van der Waals surface area contributed by atoms with E-state index >= 15 is 0 Å². The van der Waals surface area contributed by atoms with Gasteiger partial charge in [-0.1, -0.05) is 17.3 Å². The van der Waals surface area contributed by atoms with Crippen molar-refractivity contribution in [2.45, 2.75) is 12.8 Å². The van der Waals surface area contributed by atoms with Crippen molar-refractivity contribution in [2.75, 3.05) is 34.4 Å². The minimum Gasteiger partial charge on any atom is -0.493 e. The molecule has 0 atom stereocenters. The fourth-order valence-electron chi connectivity index (χ4n) is 3.56. The van der Waals surface area contributed by atoms with Gasteiger partial charge in [0.25, 0.3) is 11.8 Å². The molecule has 0 spiro atoms. The summed E-state index contributed by atoms with van der Waals surface area (Å²) < 4.78 is 21.6. The Balaban J connectivity index is 1.65. The van der Waals surface area contributed by atoms with Gasteiger partial charge < -0.3 is 23.6 Å². The van der Waals surface area contributed by atoms with Crippen LogP contribution in [-0.4, -0.2) is 55.4 Å². The molecule has 156 valence electrons. The summed E-state index contributed by atoms with van der Waals surface area (Å²) in [5, 5.41) is 4.09. The zero-order chi connectivity index (χ0) is 21.1. The quantitative estimate of drug-likeness (QED) is 0.614. The molecule has 30 heavy (non-hydrogen) atoms. The average Bonchev–Trinajstić information content (AvgIpc) is 3.50. The molecule has 1 saturated heterocycles. The van der Waals surface area contributed by atoms with E-state index in [0.29, 0.717) is 45.7 Å². The van der Waals surface area contributed by atoms with Crippen LogP contribution in [0.25, 0.3) is 22.8 Å². The van der Waals surface area contributed by atoms with Crippen molar-refractivity contribution in [1.82, 2.24) is 15.0 Å². The summed E-state index contributed by atoms with van der Waals surface area (Å²) in [5.74, 6) is 2.20. The molecule has 0 bridgehead atoms. The van der Waals surface area contributed by atoms with E-state index in [9.17, 15) is 4.79 Å². The molecule has 1 aliphatic rings. The number of aromatic nitrogens is 2. The van der Waals surface area contributed by atoms with E-state index in [1.807, 2.05) is 23.1 Å². The molecule has 8 nitrogen and oxygen atoms in total. The lowest BCUT2D eigenvalue weighted by atomic mass is 10.1. The van der Waals surface area contributed by atoms with Gasteiger partial charge in [-0.05, 0) is 37.1 Å². The van der Waals surface area contributed by atoms with Crippen LogP contribution in [0.1, 0.15) is 23.2 Å². The number of carbonyl (C=O) groups excluding carboxylic acids is 1. The van der Waals surface area contributed by atoms with Gasteiger partial charge in [-0.15, -0.1) is 0 Å². The predicted octanol–water partition coefficient (Wildman–Crippen LogP) is 3.67. The summed E-state index contributed by atoms with van der Waals surface area (Å²) in [6.45, 7) is 1.60. The van der Waals surface area contributed by atoms with Crippen LogP contribution in [0.3, 0.4) is 0 Å². The topological polar surface area (TPSA) is 86.9 Å². The van der Waals surface area contributed by atoms with Gasteiger partial charge >= 0.3 is 0 Å². The first-order valence-electron chi connectivity index (χ1n) is 9.68. The number of hydrogen-bond acceptors (Lipinski definition) is 7. The lowest BCUT2D eigenvalue weighted by Crippen LogP contribution is -2.27. The van der Waals surface area contributed by atoms with E-state index in [1.54, 1.807) is 39.5 Å². The van der Waals surface area contributed by atoms with Gasteiger partial charge in [-0.3, -0.25) is 4.79 Å². The Hall–Kier alpha value is -3.55. The van der Waals surface area contributed by atoms with E-state index < -0.39 is 0 Å². The number of rotatable bonds is 6. The molecule has 8 heteroatoms. The molecular formula is C22H23N3O5. The highest BCUT2D eigenvalue weighted by molar-refractivity contribution is 5.95. The standard InChI is InChI=1S/C22H23N3O5/c1-27-17-12-16(13-18(28-2)19(17)29-3)21-23-20(24-30-21)14-7-6-8-15(11-14)22(26)25-9-4-5-10-25/h6-8,11-13H,4-5,9-10H2,1-3H3. The van der Waals surface area contributed by atoms with Crippen LogP contribution >= 0.6 is 0 Å². The van der Waals surface area contributed by atoms with Gasteiger partial charge in [0, 0.05) is 29.8 Å². The molecular weight excluding hydrogens is 386 g/mol. The van der Waals surface area contributed by atoms with Crippen molar-refractivity contribution in [1.29, 1.82) is 0 Å². The van der Waals surface area contributed by atoms with Crippen molar-refractivity contribution in [2.24, 2.45) is 0 Å². The third-order valence-corrected chi connectivity index (χ3v) is 5.10. The molecule has 0 saturated carbocycles. The second-order valence-corrected chi connectivity index (χ2v) is 6.92. The normalized spacial score (nSPS) is 13.4. The second kappa shape index (κ2) is 8.44. The van der Waals surface area contributed by atoms with Gasteiger partial charge in [0.1, 0.15) is 0 Å². The average molecular weight is 409 g/mol. The Labute approximate surface area is 174 Å². The maximum atomic E-state index is 12.7. The first kappa shape index (κ1) is 19.8. The van der Waals surface area contributed by atoms with Crippen molar-refractivity contribution in [3.8, 4) is 40.1 Å². The molecule has 1 aliphatic heterocycles. The maximum Gasteiger partial charge on any atom is 0.258 e. The summed E-state index contributed by atoms with van der Waals surface area (Å²) in [7, 11) is 4.63. The molecule has 1 amide bonds. The lowest BCUT2D eigenvalue weighted by Gasteiger charge is -2.15. The van der Waals surface area contributed by atoms with Crippen molar-refractivity contribution in [3.05, 3.63) is 42.0 Å². The van der Waals surface area contributed by atoms with Gasteiger partial charge in [0.15, 0.2) is 11.5 Å². The van der Waals surface area contributed by atoms with Crippen LogP contribution in [0.5, 0.6) is 17.2 Å². The Morgan fingerprint density at radius 1 is 0.967 bits per heavy atom. The molecule has 1 aromatic heterocycles. The minimum absolute atomic E-state index is 0.0303. The number of likely N-dealkylation sites (tertiary alicyclic amines) is 1. The highest BCUT2D eigenvalue weighted by Gasteiger charge is 2.21. The van der Waals surface area contributed by atoms with E-state index in [1.165, 1.54) is 0 Å². The number of hydrogen-bond donors (Lipinski definition) is 0. The Morgan fingerprint density at radius 2 is 1.67 bits per heavy atom. The largest absolute Gasteiger partial charge is 0.493 e. The number of amides is 1. The minimum atomic E-state index is 0.0303. The molecule has 4 rings (SSSR count). The van der Waals surface area contributed by atoms with Gasteiger partial charge in [-0.2, -0.15) is 4.98 Å². The van der Waals surface area contributed by atoms with Crippen LogP contribution in [0.2, 0.25) is 0 Å². The summed E-state index contributed by atoms with van der Waals surface area (Å²) >= 11 is 0. The third kappa shape index (κ3) is 3.68. The molecule has 0 radical (unpaired) electrons. The van der Waals surface area contributed by atoms with Gasteiger partial charge in [0.05, 0.1) is 21.3 Å². The first-order valence-corrected chi connectivity index (χ1v) is 9.68. The maximum absolute atomic E-state index is 12.7. The molecule has 0 aliphatic carbocycles. The van der Waals surface area contributed by atoms with E-state index in [4.69, 9.17) is 18.7 Å². The van der Waals surface area contributed by atoms with Crippen molar-refractivity contribution >= 4 is 5.91 Å². The fraction of sp³-hybridized carbons (Fsp3) is 0.318. The Bertz CT molecular complexity index is 1030. The van der Waals surface area contributed by atoms with Crippen molar-refractivity contribution < 1.29 is 23.5 Å². The summed E-state index contributed by atoms with van der Waals surface area (Å²) in [4.78, 5) is 19.1. The van der Waals surface area contributed by atoms with Crippen LogP contribution in [0.4, 0.5) is 0 Å². The van der Waals surface area contributed by atoms with Crippen LogP contribution in [-0.2, 0) is 0 Å². The molecule has 0 unspecified atom stereocenters. The summed E-state index contributed by atoms with van der Waals surface area (Å²) in [6, 6.07) is 10.8. The number of ether oxygens (including phenoxy) is 3. The monoisotopic (exact) mass is 409 g/mol.